The molecule has 7 rings (SSSR count). The van der Waals surface area contributed by atoms with E-state index in [0.29, 0.717) is 50.8 Å². The molecule has 0 N–H and O–H groups in total. The fraction of sp³-hybridized carbons (Fsp3) is 0.205. The van der Waals surface area contributed by atoms with Crippen LogP contribution in [0.25, 0.3) is 34.3 Å². The number of hydrogen-bond acceptors (Lipinski definition) is 6. The van der Waals surface area contributed by atoms with Crippen LogP contribution in [0.3, 0.4) is 0 Å². The number of carbonyl (C=O) groups is 1. The number of allylic oxidation sites excluding steroid dienone is 1. The van der Waals surface area contributed by atoms with Gasteiger partial charge in [0.05, 0.1) is 41.4 Å². The highest BCUT2D eigenvalue weighted by Crippen LogP contribution is 2.39. The Balaban J connectivity index is 1.53. The summed E-state index contributed by atoms with van der Waals surface area (Å²) < 4.78 is 15.9. The zero-order valence-corrected chi connectivity index (χ0v) is 31.6. The number of nitrogens with zero attached hydrogens (tertiary/aromatic N) is 4. The van der Waals surface area contributed by atoms with Crippen LogP contribution in [0.5, 0.6) is 11.5 Å². The number of hydrogen-bond donors (Lipinski definition) is 0. The zero-order valence-electron chi connectivity index (χ0n) is 30.8. The third kappa shape index (κ3) is 6.53. The highest BCUT2D eigenvalue weighted by Gasteiger charge is 2.36. The number of fused-ring (bicyclic) bond motifs is 1. The van der Waals surface area contributed by atoms with E-state index >= 15 is 0 Å². The molecule has 0 fully saturated rings. The van der Waals surface area contributed by atoms with Gasteiger partial charge in [0.25, 0.3) is 11.5 Å². The smallest absolute Gasteiger partial charge is 0.271 e. The molecule has 53 heavy (non-hydrogen) atoms. The first-order valence-corrected chi connectivity index (χ1v) is 18.6. The third-order valence-corrected chi connectivity index (χ3v) is 10.7. The lowest BCUT2D eigenvalue weighted by molar-refractivity contribution is -0.127. The van der Waals surface area contributed by atoms with Crippen LogP contribution in [0.4, 0.5) is 0 Å². The molecule has 1 aliphatic rings. The van der Waals surface area contributed by atoms with E-state index in [1.165, 1.54) is 16.9 Å². The summed E-state index contributed by atoms with van der Waals surface area (Å²) in [5.74, 6) is 0.957. The lowest BCUT2D eigenvalue weighted by Crippen LogP contribution is -2.43. The Hall–Kier alpha value is -5.93. The number of aryl methyl sites for hydroxylation is 1. The molecule has 1 amide bonds. The number of amides is 1. The van der Waals surface area contributed by atoms with Crippen molar-refractivity contribution in [3.05, 3.63) is 157 Å². The highest BCUT2D eigenvalue weighted by molar-refractivity contribution is 7.07. The van der Waals surface area contributed by atoms with E-state index in [0.717, 1.165) is 33.8 Å². The Morgan fingerprint density at radius 2 is 1.51 bits per heavy atom. The van der Waals surface area contributed by atoms with Gasteiger partial charge in [0.2, 0.25) is 0 Å². The molecule has 0 bridgehead atoms. The first-order valence-electron chi connectivity index (χ1n) is 17.7. The van der Waals surface area contributed by atoms with E-state index in [1.807, 2.05) is 81.4 Å². The number of methoxy groups -OCH3 is 2. The largest absolute Gasteiger partial charge is 0.497 e. The van der Waals surface area contributed by atoms with Gasteiger partial charge in [-0.1, -0.05) is 89.7 Å². The maximum Gasteiger partial charge on any atom is 0.271 e. The number of likely N-dealkylation sites (N-methyl/N-ethyl adjacent to an activating group) is 1. The molecule has 1 atom stereocenters. The molecule has 1 aliphatic heterocycles. The normalized spacial score (nSPS) is 14.2. The van der Waals surface area contributed by atoms with E-state index in [4.69, 9.17) is 14.5 Å². The van der Waals surface area contributed by atoms with Gasteiger partial charge in [-0.2, -0.15) is 0 Å². The summed E-state index contributed by atoms with van der Waals surface area (Å²) in [5.41, 5.74) is 8.46. The molecule has 0 aliphatic carbocycles. The van der Waals surface area contributed by atoms with Crippen molar-refractivity contribution in [1.29, 1.82) is 0 Å². The molecule has 268 valence electrons. The standard InChI is InChI=1S/C44H42N4O4S/c1-7-46(8-2)43(50)39-29(4)45-44-48(41(39)35-27-34(51-5)23-24-37(35)52-6)42(49)38(53-44)26-32-25-36(30-15-11-9-12-16-30)47(33-21-19-28(3)20-22-33)40(32)31-17-13-10-14-18-31/h9-27,41H,7-8H2,1-6H3/b38-26+/t41-/m1/s1. The molecule has 0 saturated carbocycles. The van der Waals surface area contributed by atoms with Crippen molar-refractivity contribution in [1.82, 2.24) is 14.0 Å². The van der Waals surface area contributed by atoms with Gasteiger partial charge in [-0.15, -0.1) is 0 Å². The molecule has 3 heterocycles. The van der Waals surface area contributed by atoms with Crippen molar-refractivity contribution in [3.8, 4) is 39.7 Å². The van der Waals surface area contributed by atoms with Gasteiger partial charge in [-0.25, -0.2) is 4.99 Å². The fourth-order valence-electron chi connectivity index (χ4n) is 7.08. The summed E-state index contributed by atoms with van der Waals surface area (Å²) >= 11 is 1.32. The second-order valence-electron chi connectivity index (χ2n) is 12.9. The summed E-state index contributed by atoms with van der Waals surface area (Å²) in [7, 11) is 3.18. The molecular weight excluding hydrogens is 681 g/mol. The second kappa shape index (κ2) is 15.0. The Bertz CT molecular complexity index is 2510. The van der Waals surface area contributed by atoms with Crippen molar-refractivity contribution in [2.24, 2.45) is 4.99 Å². The van der Waals surface area contributed by atoms with Crippen molar-refractivity contribution in [3.63, 3.8) is 0 Å². The molecule has 0 spiro atoms. The van der Waals surface area contributed by atoms with Crippen molar-refractivity contribution < 1.29 is 14.3 Å². The maximum atomic E-state index is 14.9. The Labute approximate surface area is 313 Å². The Kier molecular flexibility index (Phi) is 10.0. The molecular formula is C44H42N4O4S. The lowest BCUT2D eigenvalue weighted by Gasteiger charge is -2.30. The minimum atomic E-state index is -0.794. The first kappa shape index (κ1) is 35.5. The van der Waals surface area contributed by atoms with Gasteiger partial charge in [0.15, 0.2) is 4.80 Å². The van der Waals surface area contributed by atoms with E-state index in [9.17, 15) is 9.59 Å². The Morgan fingerprint density at radius 3 is 2.13 bits per heavy atom. The summed E-state index contributed by atoms with van der Waals surface area (Å²) in [6, 6.07) is 35.8. The SMILES string of the molecule is CCN(CC)C(=O)C1=C(C)N=c2s/c(=C/c3cc(-c4ccccc4)n(-c4ccc(C)cc4)c3-c3ccccc3)c(=O)n2[C@@H]1c1cc(OC)ccc1OC. The summed E-state index contributed by atoms with van der Waals surface area (Å²) in [6.45, 7) is 8.85. The fourth-order valence-corrected chi connectivity index (χ4v) is 8.12. The number of thiazole rings is 1. The second-order valence-corrected chi connectivity index (χ2v) is 13.9. The lowest BCUT2D eigenvalue weighted by atomic mass is 9.93. The van der Waals surface area contributed by atoms with Crippen molar-refractivity contribution >= 4 is 23.3 Å². The maximum absolute atomic E-state index is 14.9. The number of carbonyl (C=O) groups excluding carboxylic acids is 1. The highest BCUT2D eigenvalue weighted by atomic mass is 32.1. The average Bonchev–Trinajstić information content (AvgIpc) is 3.71. The zero-order chi connectivity index (χ0) is 37.2. The van der Waals surface area contributed by atoms with Crippen LogP contribution in [0.15, 0.2) is 130 Å². The van der Waals surface area contributed by atoms with E-state index in [2.05, 4.69) is 66.1 Å². The summed E-state index contributed by atoms with van der Waals surface area (Å²) in [5, 5.41) is 0. The summed E-state index contributed by atoms with van der Waals surface area (Å²) in [4.78, 5) is 36.4. The van der Waals surface area contributed by atoms with E-state index in [-0.39, 0.29) is 11.5 Å². The van der Waals surface area contributed by atoms with Crippen LogP contribution >= 0.6 is 11.3 Å². The van der Waals surface area contributed by atoms with Crippen molar-refractivity contribution in [2.45, 2.75) is 33.7 Å². The molecule has 2 aromatic heterocycles. The quantitative estimate of drug-likeness (QED) is 0.146. The molecule has 0 saturated heterocycles. The number of aromatic nitrogens is 2. The van der Waals surface area contributed by atoms with Gasteiger partial charge in [-0.3, -0.25) is 14.2 Å². The number of ether oxygens (including phenoxy) is 2. The van der Waals surface area contributed by atoms with Gasteiger partial charge >= 0.3 is 0 Å². The number of benzene rings is 4. The van der Waals surface area contributed by atoms with Crippen LogP contribution in [0.2, 0.25) is 0 Å². The molecule has 0 radical (unpaired) electrons. The van der Waals surface area contributed by atoms with Gasteiger partial charge < -0.3 is 18.9 Å². The average molecular weight is 723 g/mol. The van der Waals surface area contributed by atoms with Crippen molar-refractivity contribution in [2.75, 3.05) is 27.3 Å². The molecule has 4 aromatic carbocycles. The Morgan fingerprint density at radius 1 is 0.849 bits per heavy atom. The minimum Gasteiger partial charge on any atom is -0.497 e. The van der Waals surface area contributed by atoms with Crippen LogP contribution in [-0.4, -0.2) is 47.3 Å². The van der Waals surface area contributed by atoms with Gasteiger partial charge in [-0.05, 0) is 81.3 Å². The number of rotatable bonds is 10. The summed E-state index contributed by atoms with van der Waals surface area (Å²) in [6.07, 6.45) is 1.97. The van der Waals surface area contributed by atoms with Crippen LogP contribution in [0.1, 0.15) is 43.5 Å². The molecule has 9 heteroatoms. The van der Waals surface area contributed by atoms with Gasteiger partial charge in [0.1, 0.15) is 17.5 Å². The van der Waals surface area contributed by atoms with E-state index < -0.39 is 6.04 Å². The third-order valence-electron chi connectivity index (χ3n) is 9.76. The van der Waals surface area contributed by atoms with Crippen LogP contribution in [0, 0.1) is 6.92 Å². The molecule has 0 unspecified atom stereocenters. The van der Waals surface area contributed by atoms with Crippen LogP contribution < -0.4 is 24.4 Å². The molecule has 6 aromatic rings. The first-order chi connectivity index (χ1) is 25.8. The van der Waals surface area contributed by atoms with Crippen LogP contribution in [-0.2, 0) is 4.79 Å². The monoisotopic (exact) mass is 722 g/mol. The predicted octanol–water partition coefficient (Wildman–Crippen LogP) is 7.55. The minimum absolute atomic E-state index is 0.172. The topological polar surface area (TPSA) is 78.1 Å². The van der Waals surface area contributed by atoms with Gasteiger partial charge in [0, 0.05) is 29.9 Å². The molecule has 8 nitrogen and oxygen atoms in total. The predicted molar refractivity (Wildman–Crippen MR) is 213 cm³/mol. The van der Waals surface area contributed by atoms with E-state index in [1.54, 1.807) is 23.7 Å².